The molecule has 0 amide bonds. The Kier molecular flexibility index (Phi) is 4.82. The van der Waals surface area contributed by atoms with Crippen LogP contribution >= 0.6 is 0 Å². The normalized spacial score (nSPS) is 11.3. The summed E-state index contributed by atoms with van der Waals surface area (Å²) in [4.78, 5) is 13.2. The van der Waals surface area contributed by atoms with Crippen LogP contribution in [-0.4, -0.2) is 26.1 Å². The fourth-order valence-corrected chi connectivity index (χ4v) is 4.06. The van der Waals surface area contributed by atoms with Gasteiger partial charge in [0.1, 0.15) is 18.0 Å². The third-order valence-electron chi connectivity index (χ3n) is 5.61. The monoisotopic (exact) mass is 411 g/mol. The number of pyridine rings is 1. The van der Waals surface area contributed by atoms with Gasteiger partial charge >= 0.3 is 0 Å². The lowest BCUT2D eigenvalue weighted by Gasteiger charge is -2.11. The van der Waals surface area contributed by atoms with Gasteiger partial charge in [0.15, 0.2) is 0 Å². The van der Waals surface area contributed by atoms with Gasteiger partial charge in [0.25, 0.3) is 0 Å². The van der Waals surface area contributed by atoms with Gasteiger partial charge in [0, 0.05) is 47.4 Å². The Morgan fingerprint density at radius 1 is 0.968 bits per heavy atom. The first kappa shape index (κ1) is 19.2. The van der Waals surface area contributed by atoms with Crippen LogP contribution in [0, 0.1) is 19.7 Å². The van der Waals surface area contributed by atoms with Crippen LogP contribution in [0.15, 0.2) is 67.1 Å². The minimum Gasteiger partial charge on any atom is -0.368 e. The number of halogens is 1. The van der Waals surface area contributed by atoms with Crippen molar-refractivity contribution in [2.45, 2.75) is 20.4 Å². The smallest absolute Gasteiger partial charge is 0.130 e. The summed E-state index contributed by atoms with van der Waals surface area (Å²) in [5, 5.41) is 5.54. The number of aromatic nitrogens is 4. The van der Waals surface area contributed by atoms with Gasteiger partial charge in [0.05, 0.1) is 16.7 Å². The van der Waals surface area contributed by atoms with Gasteiger partial charge < -0.3 is 9.88 Å². The molecule has 0 aliphatic carbocycles. The van der Waals surface area contributed by atoms with Crippen molar-refractivity contribution < 1.29 is 4.39 Å². The molecule has 0 saturated heterocycles. The molecular formula is C25H22FN5. The van der Waals surface area contributed by atoms with E-state index in [-0.39, 0.29) is 5.82 Å². The zero-order valence-corrected chi connectivity index (χ0v) is 17.4. The summed E-state index contributed by atoms with van der Waals surface area (Å²) >= 11 is 0. The minimum absolute atomic E-state index is 0.205. The molecule has 0 atom stereocenters. The number of hydrogen-bond acceptors (Lipinski definition) is 4. The van der Waals surface area contributed by atoms with Crippen LogP contribution in [0.1, 0.15) is 11.3 Å². The van der Waals surface area contributed by atoms with Gasteiger partial charge in [-0.3, -0.25) is 4.98 Å². The predicted molar refractivity (Wildman–Crippen MR) is 123 cm³/mol. The molecule has 5 nitrogen and oxygen atoms in total. The molecule has 0 bridgehead atoms. The highest BCUT2D eigenvalue weighted by atomic mass is 19.1. The first-order valence-corrected chi connectivity index (χ1v) is 10.3. The van der Waals surface area contributed by atoms with Crippen LogP contribution in [0.4, 0.5) is 10.2 Å². The lowest BCUT2D eigenvalue weighted by molar-refractivity contribution is 0.626. The van der Waals surface area contributed by atoms with Gasteiger partial charge in [-0.25, -0.2) is 14.4 Å². The molecule has 154 valence electrons. The molecular weight excluding hydrogens is 389 g/mol. The first-order chi connectivity index (χ1) is 15.1. The number of hydrogen-bond donors (Lipinski definition) is 1. The van der Waals surface area contributed by atoms with E-state index in [4.69, 9.17) is 0 Å². The molecule has 1 N–H and O–H groups in total. The summed E-state index contributed by atoms with van der Waals surface area (Å²) in [6.45, 7) is 5.37. The fraction of sp³-hybridized carbons (Fsp3) is 0.160. The highest BCUT2D eigenvalue weighted by Crippen LogP contribution is 2.25. The second-order valence-electron chi connectivity index (χ2n) is 7.72. The van der Waals surface area contributed by atoms with Crippen molar-refractivity contribution in [3.8, 4) is 11.3 Å². The largest absolute Gasteiger partial charge is 0.368 e. The lowest BCUT2D eigenvalue weighted by Crippen LogP contribution is -2.12. The summed E-state index contributed by atoms with van der Waals surface area (Å²) in [5.41, 5.74) is 5.81. The maximum Gasteiger partial charge on any atom is 0.130 e. The predicted octanol–water partition coefficient (Wildman–Crippen LogP) is 5.51. The number of aryl methyl sites for hydroxylation is 2. The van der Waals surface area contributed by atoms with E-state index in [0.29, 0.717) is 13.1 Å². The average molecular weight is 411 g/mol. The minimum atomic E-state index is -0.205. The summed E-state index contributed by atoms with van der Waals surface area (Å²) in [7, 11) is 0. The number of nitrogens with one attached hydrogen (secondary N) is 1. The molecule has 0 fully saturated rings. The van der Waals surface area contributed by atoms with Crippen LogP contribution in [0.3, 0.4) is 0 Å². The Balaban J connectivity index is 1.35. The summed E-state index contributed by atoms with van der Waals surface area (Å²) in [5.74, 6) is 0.552. The van der Waals surface area contributed by atoms with Crippen molar-refractivity contribution in [3.63, 3.8) is 0 Å². The Bertz CT molecular complexity index is 1410. The molecule has 31 heavy (non-hydrogen) atoms. The fourth-order valence-electron chi connectivity index (χ4n) is 4.06. The SMILES string of the molecule is Cc1cc(F)cc2c1cc(C)n2CCNc1cc(-c2ccc3ncccc3c2)ncn1. The Labute approximate surface area is 179 Å². The van der Waals surface area contributed by atoms with E-state index in [1.165, 1.54) is 0 Å². The molecule has 0 aliphatic rings. The van der Waals surface area contributed by atoms with Crippen molar-refractivity contribution >= 4 is 27.6 Å². The molecule has 0 spiro atoms. The van der Waals surface area contributed by atoms with Crippen LogP contribution < -0.4 is 5.32 Å². The standard InChI is InChI=1S/C25H22FN5/c1-16-10-20(26)13-24-21(16)11-17(2)31(24)9-8-28-25-14-23(29-15-30-25)19-5-6-22-18(12-19)4-3-7-27-22/h3-7,10-15H,8-9H2,1-2H3,(H,28,29,30). The number of fused-ring (bicyclic) bond motifs is 2. The molecule has 5 rings (SSSR count). The number of nitrogens with zero attached hydrogens (tertiary/aromatic N) is 4. The molecule has 0 radical (unpaired) electrons. The van der Waals surface area contributed by atoms with Crippen LogP contribution in [0.2, 0.25) is 0 Å². The van der Waals surface area contributed by atoms with Gasteiger partial charge in [-0.2, -0.15) is 0 Å². The first-order valence-electron chi connectivity index (χ1n) is 10.3. The summed E-state index contributed by atoms with van der Waals surface area (Å²) < 4.78 is 16.1. The third kappa shape index (κ3) is 3.72. The van der Waals surface area contributed by atoms with Gasteiger partial charge in [-0.1, -0.05) is 12.1 Å². The molecule has 5 aromatic rings. The molecule has 0 aliphatic heterocycles. The Morgan fingerprint density at radius 3 is 2.77 bits per heavy atom. The Hall–Kier alpha value is -3.80. The lowest BCUT2D eigenvalue weighted by atomic mass is 10.1. The van der Waals surface area contributed by atoms with E-state index in [1.807, 2.05) is 37.3 Å². The molecule has 2 aromatic carbocycles. The van der Waals surface area contributed by atoms with Crippen molar-refractivity contribution in [3.05, 3.63) is 84.2 Å². The van der Waals surface area contributed by atoms with E-state index in [0.717, 1.165) is 50.1 Å². The summed E-state index contributed by atoms with van der Waals surface area (Å²) in [6, 6.07) is 17.3. The second-order valence-corrected chi connectivity index (χ2v) is 7.72. The quantitative estimate of drug-likeness (QED) is 0.414. The summed E-state index contributed by atoms with van der Waals surface area (Å²) in [6.07, 6.45) is 3.36. The van der Waals surface area contributed by atoms with E-state index >= 15 is 0 Å². The topological polar surface area (TPSA) is 55.6 Å². The van der Waals surface area contributed by atoms with Crippen LogP contribution in [0.25, 0.3) is 33.1 Å². The van der Waals surface area contributed by atoms with Crippen molar-refractivity contribution in [1.29, 1.82) is 0 Å². The van der Waals surface area contributed by atoms with Crippen molar-refractivity contribution in [2.24, 2.45) is 0 Å². The van der Waals surface area contributed by atoms with E-state index < -0.39 is 0 Å². The maximum absolute atomic E-state index is 13.9. The maximum atomic E-state index is 13.9. The molecule has 3 heterocycles. The molecule has 0 unspecified atom stereocenters. The average Bonchev–Trinajstić information content (AvgIpc) is 3.09. The Morgan fingerprint density at radius 2 is 1.87 bits per heavy atom. The molecule has 6 heteroatoms. The zero-order valence-electron chi connectivity index (χ0n) is 17.4. The van der Waals surface area contributed by atoms with Gasteiger partial charge in [-0.15, -0.1) is 0 Å². The molecule has 0 saturated carbocycles. The van der Waals surface area contributed by atoms with Crippen LogP contribution in [0.5, 0.6) is 0 Å². The molecule has 3 aromatic heterocycles. The van der Waals surface area contributed by atoms with E-state index in [2.05, 4.69) is 43.9 Å². The highest BCUT2D eigenvalue weighted by Gasteiger charge is 2.10. The number of benzene rings is 2. The van der Waals surface area contributed by atoms with Gasteiger partial charge in [-0.05, 0) is 55.8 Å². The van der Waals surface area contributed by atoms with Crippen LogP contribution in [-0.2, 0) is 6.54 Å². The second kappa shape index (κ2) is 7.80. The van der Waals surface area contributed by atoms with Crippen molar-refractivity contribution in [1.82, 2.24) is 19.5 Å². The number of rotatable bonds is 5. The number of anilines is 1. The highest BCUT2D eigenvalue weighted by molar-refractivity contribution is 5.85. The van der Waals surface area contributed by atoms with E-state index in [9.17, 15) is 4.39 Å². The van der Waals surface area contributed by atoms with Gasteiger partial charge in [0.2, 0.25) is 0 Å². The van der Waals surface area contributed by atoms with E-state index in [1.54, 1.807) is 24.7 Å². The van der Waals surface area contributed by atoms with Crippen molar-refractivity contribution in [2.75, 3.05) is 11.9 Å². The third-order valence-corrected chi connectivity index (χ3v) is 5.61. The zero-order chi connectivity index (χ0) is 21.4.